The molecule has 0 spiro atoms. The first-order chi connectivity index (χ1) is 6.60. The quantitative estimate of drug-likeness (QED) is 0.734. The topological polar surface area (TPSA) is 63.6 Å². The van der Waals surface area contributed by atoms with Crippen LogP contribution in [0.5, 0.6) is 5.75 Å². The van der Waals surface area contributed by atoms with Gasteiger partial charge in [0.15, 0.2) is 9.84 Å². The van der Waals surface area contributed by atoms with E-state index >= 15 is 0 Å². The van der Waals surface area contributed by atoms with Gasteiger partial charge in [0.1, 0.15) is 5.75 Å². The van der Waals surface area contributed by atoms with Crippen LogP contribution in [0.1, 0.15) is 6.92 Å². The SMILES string of the molecule is CCS(=O)(=O)c1cccc(O[B]O)c1. The standard InChI is InChI=1S/C8H10BO4S/c1-2-14(11,12)8-5-3-4-7(6-8)13-9-10/h3-6,10H,2H2,1H3. The predicted molar refractivity (Wildman–Crippen MR) is 52.8 cm³/mol. The first-order valence-electron chi connectivity index (χ1n) is 4.05. The number of sulfone groups is 1. The van der Waals surface area contributed by atoms with Crippen molar-refractivity contribution in [3.8, 4) is 5.75 Å². The molecule has 0 saturated heterocycles. The molecule has 0 aliphatic heterocycles. The summed E-state index contributed by atoms with van der Waals surface area (Å²) in [7, 11) is -2.70. The van der Waals surface area contributed by atoms with Crippen LogP contribution in [0.25, 0.3) is 0 Å². The first-order valence-corrected chi connectivity index (χ1v) is 5.70. The van der Waals surface area contributed by atoms with E-state index in [9.17, 15) is 8.42 Å². The van der Waals surface area contributed by atoms with Gasteiger partial charge in [-0.1, -0.05) is 13.0 Å². The molecule has 0 heterocycles. The number of benzene rings is 1. The van der Waals surface area contributed by atoms with Gasteiger partial charge in [0.2, 0.25) is 0 Å². The molecule has 0 aliphatic rings. The van der Waals surface area contributed by atoms with Crippen molar-refractivity contribution in [1.82, 2.24) is 0 Å². The molecule has 1 N–H and O–H groups in total. The molecule has 75 valence electrons. The van der Waals surface area contributed by atoms with Crippen LogP contribution in [-0.4, -0.2) is 26.9 Å². The molecule has 0 atom stereocenters. The molecule has 0 saturated carbocycles. The molecule has 1 aromatic carbocycles. The van der Waals surface area contributed by atoms with Crippen LogP contribution in [0.3, 0.4) is 0 Å². The second-order valence-electron chi connectivity index (χ2n) is 2.60. The fraction of sp³-hybridized carbons (Fsp3) is 0.250. The van der Waals surface area contributed by atoms with Gasteiger partial charge >= 0.3 is 7.69 Å². The normalized spacial score (nSPS) is 11.0. The Balaban J connectivity index is 3.06. The van der Waals surface area contributed by atoms with Crippen LogP contribution in [0.4, 0.5) is 0 Å². The average Bonchev–Trinajstić information content (AvgIpc) is 2.19. The largest absolute Gasteiger partial charge is 0.569 e. The van der Waals surface area contributed by atoms with Gasteiger partial charge in [-0.3, -0.25) is 0 Å². The maximum atomic E-state index is 11.4. The fourth-order valence-corrected chi connectivity index (χ4v) is 1.88. The third kappa shape index (κ3) is 2.49. The molecule has 0 fully saturated rings. The van der Waals surface area contributed by atoms with Crippen molar-refractivity contribution in [2.24, 2.45) is 0 Å². The van der Waals surface area contributed by atoms with Gasteiger partial charge in [0.25, 0.3) is 0 Å². The third-order valence-electron chi connectivity index (χ3n) is 1.73. The van der Waals surface area contributed by atoms with Gasteiger partial charge in [0.05, 0.1) is 10.6 Å². The van der Waals surface area contributed by atoms with Crippen molar-refractivity contribution in [2.75, 3.05) is 5.75 Å². The smallest absolute Gasteiger partial charge is 0.537 e. The summed E-state index contributed by atoms with van der Waals surface area (Å²) in [5.41, 5.74) is 0. The van der Waals surface area contributed by atoms with Crippen LogP contribution in [-0.2, 0) is 9.84 Å². The average molecular weight is 213 g/mol. The Labute approximate surface area is 83.8 Å². The summed E-state index contributed by atoms with van der Waals surface area (Å²) in [5.74, 6) is 0.335. The first kappa shape index (κ1) is 11.1. The molecule has 0 aliphatic carbocycles. The molecule has 14 heavy (non-hydrogen) atoms. The molecule has 1 rings (SSSR count). The van der Waals surface area contributed by atoms with E-state index in [1.54, 1.807) is 19.1 Å². The highest BCUT2D eigenvalue weighted by atomic mass is 32.2. The predicted octanol–water partition coefficient (Wildman–Crippen LogP) is 0.386. The zero-order valence-electron chi connectivity index (χ0n) is 7.67. The van der Waals surface area contributed by atoms with Gasteiger partial charge in [-0.15, -0.1) is 0 Å². The summed E-state index contributed by atoms with van der Waals surface area (Å²) in [6.07, 6.45) is 0. The van der Waals surface area contributed by atoms with Crippen molar-refractivity contribution < 1.29 is 18.1 Å². The Hall–Kier alpha value is -1.01. The molecule has 0 aromatic heterocycles. The van der Waals surface area contributed by atoms with Gasteiger partial charge in [-0.2, -0.15) is 0 Å². The summed E-state index contributed by atoms with van der Waals surface area (Å²) in [4.78, 5) is 0.194. The highest BCUT2D eigenvalue weighted by Crippen LogP contribution is 2.17. The van der Waals surface area contributed by atoms with Crippen molar-refractivity contribution >= 4 is 17.5 Å². The lowest BCUT2D eigenvalue weighted by Gasteiger charge is -2.04. The van der Waals surface area contributed by atoms with E-state index in [2.05, 4.69) is 4.65 Å². The minimum absolute atomic E-state index is 0.0410. The molecule has 1 aromatic rings. The van der Waals surface area contributed by atoms with Crippen molar-refractivity contribution in [3.63, 3.8) is 0 Å². The minimum Gasteiger partial charge on any atom is -0.537 e. The van der Waals surface area contributed by atoms with E-state index in [1.165, 1.54) is 12.1 Å². The fourth-order valence-electron chi connectivity index (χ4n) is 0.969. The molecule has 4 nitrogen and oxygen atoms in total. The Morgan fingerprint density at radius 2 is 2.21 bits per heavy atom. The monoisotopic (exact) mass is 213 g/mol. The van der Waals surface area contributed by atoms with E-state index < -0.39 is 9.84 Å². The van der Waals surface area contributed by atoms with Crippen LogP contribution in [0, 0.1) is 0 Å². The molecule has 0 unspecified atom stereocenters. The summed E-state index contributed by atoms with van der Waals surface area (Å²) in [6.45, 7) is 1.57. The second kappa shape index (κ2) is 4.48. The van der Waals surface area contributed by atoms with Crippen LogP contribution >= 0.6 is 0 Å². The van der Waals surface area contributed by atoms with E-state index in [1.807, 2.05) is 0 Å². The number of hydrogen-bond acceptors (Lipinski definition) is 4. The molecular formula is C8H10BO4S. The maximum absolute atomic E-state index is 11.4. The lowest BCUT2D eigenvalue weighted by molar-refractivity contribution is 0.453. The Kier molecular flexibility index (Phi) is 3.54. The summed E-state index contributed by atoms with van der Waals surface area (Å²) < 4.78 is 27.5. The van der Waals surface area contributed by atoms with Crippen molar-refractivity contribution in [2.45, 2.75) is 11.8 Å². The lowest BCUT2D eigenvalue weighted by Crippen LogP contribution is -2.05. The summed E-state index contributed by atoms with van der Waals surface area (Å²) >= 11 is 0. The molecule has 1 radical (unpaired) electrons. The summed E-state index contributed by atoms with van der Waals surface area (Å²) in [5, 5.41) is 8.37. The third-order valence-corrected chi connectivity index (χ3v) is 3.47. The minimum atomic E-state index is -3.21. The van der Waals surface area contributed by atoms with Crippen LogP contribution < -0.4 is 4.65 Å². The molecule has 0 bridgehead atoms. The number of hydrogen-bond donors (Lipinski definition) is 1. The van der Waals surface area contributed by atoms with Crippen molar-refractivity contribution in [3.05, 3.63) is 24.3 Å². The van der Waals surface area contributed by atoms with Gasteiger partial charge < -0.3 is 9.68 Å². The maximum Gasteiger partial charge on any atom is 0.569 e. The van der Waals surface area contributed by atoms with Crippen molar-refractivity contribution in [1.29, 1.82) is 0 Å². The molecule has 6 heteroatoms. The molecule has 0 amide bonds. The second-order valence-corrected chi connectivity index (χ2v) is 4.88. The number of rotatable bonds is 4. The lowest BCUT2D eigenvalue weighted by atomic mass is 10.3. The van der Waals surface area contributed by atoms with Gasteiger partial charge in [-0.05, 0) is 18.2 Å². The zero-order valence-corrected chi connectivity index (χ0v) is 8.49. The Bertz CT molecular complexity index is 402. The highest BCUT2D eigenvalue weighted by Gasteiger charge is 2.11. The summed E-state index contributed by atoms with van der Waals surface area (Å²) in [6, 6.07) is 5.97. The Morgan fingerprint density at radius 1 is 1.50 bits per heavy atom. The highest BCUT2D eigenvalue weighted by molar-refractivity contribution is 7.91. The van der Waals surface area contributed by atoms with Crippen LogP contribution in [0.15, 0.2) is 29.2 Å². The Morgan fingerprint density at radius 3 is 2.79 bits per heavy atom. The van der Waals surface area contributed by atoms with E-state index in [0.29, 0.717) is 13.4 Å². The van der Waals surface area contributed by atoms with E-state index in [4.69, 9.17) is 5.02 Å². The zero-order chi connectivity index (χ0) is 10.6. The molecular weight excluding hydrogens is 203 g/mol. The van der Waals surface area contributed by atoms with Crippen LogP contribution in [0.2, 0.25) is 0 Å². The van der Waals surface area contributed by atoms with Gasteiger partial charge in [-0.25, -0.2) is 8.42 Å². The van der Waals surface area contributed by atoms with E-state index in [0.717, 1.165) is 0 Å². The van der Waals surface area contributed by atoms with E-state index in [-0.39, 0.29) is 10.6 Å². The van der Waals surface area contributed by atoms with Gasteiger partial charge in [0, 0.05) is 0 Å².